The lowest BCUT2D eigenvalue weighted by molar-refractivity contribution is 0.104. The van der Waals surface area contributed by atoms with Gasteiger partial charge in [-0.2, -0.15) is 0 Å². The molecule has 0 aliphatic heterocycles. The van der Waals surface area contributed by atoms with E-state index in [0.29, 0.717) is 16.9 Å². The van der Waals surface area contributed by atoms with Gasteiger partial charge in [-0.15, -0.1) is 0 Å². The molecular formula is C18H17NO2. The molecule has 3 heteroatoms. The number of nitrogens with one attached hydrogen (secondary N) is 1. The molecule has 0 aliphatic rings. The molecule has 0 unspecified atom stereocenters. The summed E-state index contributed by atoms with van der Waals surface area (Å²) >= 11 is 0. The maximum Gasteiger partial charge on any atom is 0.195 e. The van der Waals surface area contributed by atoms with Crippen LogP contribution in [0.1, 0.15) is 28.4 Å². The number of methoxy groups -OCH3 is 1. The number of carbonyl (C=O) groups is 1. The number of rotatable bonds is 4. The lowest BCUT2D eigenvalue weighted by Gasteiger charge is -2.04. The Morgan fingerprint density at radius 2 is 2.00 bits per heavy atom. The topological polar surface area (TPSA) is 42.1 Å². The van der Waals surface area contributed by atoms with Crippen LogP contribution in [0.5, 0.6) is 5.75 Å². The Kier molecular flexibility index (Phi) is 3.48. The second-order valence-electron chi connectivity index (χ2n) is 4.96. The number of benzene rings is 2. The molecule has 0 amide bonds. The van der Waals surface area contributed by atoms with Gasteiger partial charge in [0.25, 0.3) is 0 Å². The molecule has 21 heavy (non-hydrogen) atoms. The zero-order valence-corrected chi connectivity index (χ0v) is 12.1. The first-order valence-corrected chi connectivity index (χ1v) is 7.02. The Labute approximate surface area is 123 Å². The van der Waals surface area contributed by atoms with E-state index in [2.05, 4.69) is 18.0 Å². The smallest absolute Gasteiger partial charge is 0.195 e. The van der Waals surface area contributed by atoms with Crippen molar-refractivity contribution >= 4 is 16.7 Å². The number of aryl methyl sites for hydroxylation is 1. The van der Waals surface area contributed by atoms with Crippen molar-refractivity contribution in [2.45, 2.75) is 13.3 Å². The Morgan fingerprint density at radius 1 is 1.19 bits per heavy atom. The number of ketones is 1. The average molecular weight is 279 g/mol. The highest BCUT2D eigenvalue weighted by molar-refractivity contribution is 6.16. The van der Waals surface area contributed by atoms with Gasteiger partial charge in [0, 0.05) is 28.2 Å². The SMILES string of the molecule is CCc1cccc2c(C(=O)c3cccc(OC)c3)c[nH]c12. The lowest BCUT2D eigenvalue weighted by atomic mass is 10.0. The second-order valence-corrected chi connectivity index (χ2v) is 4.96. The van der Waals surface area contributed by atoms with Gasteiger partial charge in [0.05, 0.1) is 7.11 Å². The molecule has 0 bridgehead atoms. The fourth-order valence-electron chi connectivity index (χ4n) is 2.62. The lowest BCUT2D eigenvalue weighted by Crippen LogP contribution is -2.00. The molecule has 1 aromatic heterocycles. The minimum absolute atomic E-state index is 0.00778. The van der Waals surface area contributed by atoms with Gasteiger partial charge in [-0.05, 0) is 24.1 Å². The maximum atomic E-state index is 12.7. The normalized spacial score (nSPS) is 10.8. The number of ether oxygens (including phenoxy) is 1. The summed E-state index contributed by atoms with van der Waals surface area (Å²) in [7, 11) is 1.60. The Balaban J connectivity index is 2.09. The Hall–Kier alpha value is -2.55. The van der Waals surface area contributed by atoms with Crippen LogP contribution in [-0.4, -0.2) is 17.9 Å². The first-order valence-electron chi connectivity index (χ1n) is 7.02. The summed E-state index contributed by atoms with van der Waals surface area (Å²) in [6.07, 6.45) is 2.73. The van der Waals surface area contributed by atoms with Crippen LogP contribution < -0.4 is 4.74 Å². The monoisotopic (exact) mass is 279 g/mol. The number of aromatic nitrogens is 1. The van der Waals surface area contributed by atoms with Crippen LogP contribution in [0.2, 0.25) is 0 Å². The summed E-state index contributed by atoms with van der Waals surface area (Å²) < 4.78 is 5.19. The van der Waals surface area contributed by atoms with E-state index in [1.807, 2.05) is 30.3 Å². The summed E-state index contributed by atoms with van der Waals surface area (Å²) in [6, 6.07) is 13.3. The molecular weight excluding hydrogens is 262 g/mol. The highest BCUT2D eigenvalue weighted by Gasteiger charge is 2.15. The molecule has 0 atom stereocenters. The van der Waals surface area contributed by atoms with E-state index >= 15 is 0 Å². The summed E-state index contributed by atoms with van der Waals surface area (Å²) in [6.45, 7) is 2.11. The number of hydrogen-bond donors (Lipinski definition) is 1. The average Bonchev–Trinajstić information content (AvgIpc) is 2.98. The maximum absolute atomic E-state index is 12.7. The van der Waals surface area contributed by atoms with Crippen molar-refractivity contribution in [1.82, 2.24) is 4.98 Å². The highest BCUT2D eigenvalue weighted by Crippen LogP contribution is 2.25. The van der Waals surface area contributed by atoms with Gasteiger partial charge in [-0.25, -0.2) is 0 Å². The third kappa shape index (κ3) is 2.31. The van der Waals surface area contributed by atoms with Gasteiger partial charge >= 0.3 is 0 Å². The van der Waals surface area contributed by atoms with Crippen LogP contribution in [0.3, 0.4) is 0 Å². The standard InChI is InChI=1S/C18H17NO2/c1-3-12-6-5-9-15-16(11-19-17(12)15)18(20)13-7-4-8-14(10-13)21-2/h4-11,19H,3H2,1-2H3. The zero-order valence-electron chi connectivity index (χ0n) is 12.1. The zero-order chi connectivity index (χ0) is 14.8. The molecule has 0 spiro atoms. The summed E-state index contributed by atoms with van der Waals surface area (Å²) in [5.74, 6) is 0.698. The van der Waals surface area contributed by atoms with Gasteiger partial charge in [-0.1, -0.05) is 37.3 Å². The van der Waals surface area contributed by atoms with E-state index in [1.165, 1.54) is 5.56 Å². The summed E-state index contributed by atoms with van der Waals surface area (Å²) in [5.41, 5.74) is 3.61. The number of para-hydroxylation sites is 1. The number of H-pyrrole nitrogens is 1. The van der Waals surface area contributed by atoms with E-state index in [-0.39, 0.29) is 5.78 Å². The highest BCUT2D eigenvalue weighted by atomic mass is 16.5. The molecule has 0 saturated heterocycles. The van der Waals surface area contributed by atoms with Crippen molar-refractivity contribution in [3.63, 3.8) is 0 Å². The molecule has 0 saturated carbocycles. The minimum atomic E-state index is 0.00778. The molecule has 3 rings (SSSR count). The van der Waals surface area contributed by atoms with E-state index < -0.39 is 0 Å². The molecule has 2 aromatic carbocycles. The number of hydrogen-bond acceptors (Lipinski definition) is 2. The van der Waals surface area contributed by atoms with Crippen molar-refractivity contribution < 1.29 is 9.53 Å². The fourth-order valence-corrected chi connectivity index (χ4v) is 2.62. The predicted molar refractivity (Wildman–Crippen MR) is 84.1 cm³/mol. The van der Waals surface area contributed by atoms with Gasteiger partial charge in [0.15, 0.2) is 5.78 Å². The van der Waals surface area contributed by atoms with Crippen molar-refractivity contribution in [2.75, 3.05) is 7.11 Å². The Bertz CT molecular complexity index is 802. The van der Waals surface area contributed by atoms with Crippen LogP contribution >= 0.6 is 0 Å². The summed E-state index contributed by atoms with van der Waals surface area (Å²) in [5, 5.41) is 0.974. The van der Waals surface area contributed by atoms with Gasteiger partial charge in [-0.3, -0.25) is 4.79 Å². The fraction of sp³-hybridized carbons (Fsp3) is 0.167. The minimum Gasteiger partial charge on any atom is -0.497 e. The molecule has 3 aromatic rings. The number of carbonyl (C=O) groups excluding carboxylic acids is 1. The molecule has 0 fully saturated rings. The Morgan fingerprint density at radius 3 is 2.76 bits per heavy atom. The van der Waals surface area contributed by atoms with Crippen LogP contribution in [-0.2, 0) is 6.42 Å². The number of fused-ring (bicyclic) bond motifs is 1. The van der Waals surface area contributed by atoms with Gasteiger partial charge < -0.3 is 9.72 Å². The van der Waals surface area contributed by atoms with Crippen molar-refractivity contribution in [3.8, 4) is 5.75 Å². The quantitative estimate of drug-likeness (QED) is 0.734. The first kappa shape index (κ1) is 13.4. The van der Waals surface area contributed by atoms with Crippen LogP contribution in [0.4, 0.5) is 0 Å². The molecule has 1 heterocycles. The van der Waals surface area contributed by atoms with E-state index in [1.54, 1.807) is 19.4 Å². The van der Waals surface area contributed by atoms with E-state index in [4.69, 9.17) is 4.74 Å². The third-order valence-corrected chi connectivity index (χ3v) is 3.76. The molecule has 106 valence electrons. The number of aromatic amines is 1. The van der Waals surface area contributed by atoms with E-state index in [0.717, 1.165) is 17.3 Å². The third-order valence-electron chi connectivity index (χ3n) is 3.76. The van der Waals surface area contributed by atoms with Gasteiger partial charge in [0.2, 0.25) is 0 Å². The van der Waals surface area contributed by atoms with Crippen LogP contribution in [0.15, 0.2) is 48.7 Å². The second kappa shape index (κ2) is 5.44. The van der Waals surface area contributed by atoms with E-state index in [9.17, 15) is 4.79 Å². The van der Waals surface area contributed by atoms with Crippen LogP contribution in [0, 0.1) is 0 Å². The van der Waals surface area contributed by atoms with Crippen molar-refractivity contribution in [1.29, 1.82) is 0 Å². The van der Waals surface area contributed by atoms with Gasteiger partial charge in [0.1, 0.15) is 5.75 Å². The predicted octanol–water partition coefficient (Wildman–Crippen LogP) is 3.97. The van der Waals surface area contributed by atoms with Crippen LogP contribution in [0.25, 0.3) is 10.9 Å². The summed E-state index contributed by atoms with van der Waals surface area (Å²) in [4.78, 5) is 15.9. The first-order chi connectivity index (χ1) is 10.2. The molecule has 0 aliphatic carbocycles. The van der Waals surface area contributed by atoms with Crippen molar-refractivity contribution in [3.05, 3.63) is 65.4 Å². The molecule has 3 nitrogen and oxygen atoms in total. The largest absolute Gasteiger partial charge is 0.497 e. The molecule has 1 N–H and O–H groups in total. The van der Waals surface area contributed by atoms with Crippen molar-refractivity contribution in [2.24, 2.45) is 0 Å². The molecule has 0 radical (unpaired) electrons.